The third kappa shape index (κ3) is 4.18. The van der Waals surface area contributed by atoms with E-state index in [0.717, 1.165) is 35.5 Å². The zero-order valence-corrected chi connectivity index (χ0v) is 14.1. The van der Waals surface area contributed by atoms with E-state index in [2.05, 4.69) is 41.5 Å². The van der Waals surface area contributed by atoms with Crippen LogP contribution in [-0.2, 0) is 11.2 Å². The number of hydrogen-bond acceptors (Lipinski definition) is 4. The zero-order valence-electron chi connectivity index (χ0n) is 13.3. The molecule has 1 aromatic carbocycles. The van der Waals surface area contributed by atoms with Crippen molar-refractivity contribution in [1.82, 2.24) is 10.3 Å². The van der Waals surface area contributed by atoms with E-state index in [0.29, 0.717) is 13.0 Å². The largest absolute Gasteiger partial charge is 0.393 e. The summed E-state index contributed by atoms with van der Waals surface area (Å²) < 4.78 is 0. The van der Waals surface area contributed by atoms with Gasteiger partial charge in [-0.1, -0.05) is 36.2 Å². The number of nitrogens with one attached hydrogen (secondary N) is 1. The fourth-order valence-corrected chi connectivity index (χ4v) is 3.77. The molecule has 2 unspecified atom stereocenters. The van der Waals surface area contributed by atoms with E-state index in [1.807, 2.05) is 5.38 Å². The van der Waals surface area contributed by atoms with Crippen molar-refractivity contribution in [3.63, 3.8) is 0 Å². The molecule has 1 aliphatic carbocycles. The van der Waals surface area contributed by atoms with Crippen LogP contribution in [0.3, 0.4) is 0 Å². The van der Waals surface area contributed by atoms with Crippen molar-refractivity contribution in [2.75, 3.05) is 6.54 Å². The molecule has 1 amide bonds. The molecule has 23 heavy (non-hydrogen) atoms. The van der Waals surface area contributed by atoms with Crippen LogP contribution in [0.15, 0.2) is 29.6 Å². The minimum Gasteiger partial charge on any atom is -0.393 e. The third-order valence-electron chi connectivity index (χ3n) is 4.37. The SMILES string of the molecule is Cc1ccc(-c2nc(CC(=O)NCC3CCCC3O)cs2)cc1. The molecule has 1 fully saturated rings. The number of aromatic nitrogens is 1. The summed E-state index contributed by atoms with van der Waals surface area (Å²) in [4.78, 5) is 16.6. The van der Waals surface area contributed by atoms with Crippen LogP contribution in [0.25, 0.3) is 10.6 Å². The Morgan fingerprint density at radius 2 is 2.13 bits per heavy atom. The van der Waals surface area contributed by atoms with Crippen LogP contribution in [0.5, 0.6) is 0 Å². The van der Waals surface area contributed by atoms with Crippen molar-refractivity contribution in [3.8, 4) is 10.6 Å². The molecule has 1 heterocycles. The van der Waals surface area contributed by atoms with Gasteiger partial charge in [0.25, 0.3) is 0 Å². The molecular formula is C18H22N2O2S. The normalized spacial score (nSPS) is 20.6. The third-order valence-corrected chi connectivity index (χ3v) is 5.31. The van der Waals surface area contributed by atoms with Gasteiger partial charge in [-0.25, -0.2) is 4.98 Å². The maximum Gasteiger partial charge on any atom is 0.226 e. The number of hydrogen-bond donors (Lipinski definition) is 2. The molecule has 0 aliphatic heterocycles. The number of nitrogens with zero attached hydrogens (tertiary/aromatic N) is 1. The van der Waals surface area contributed by atoms with E-state index in [-0.39, 0.29) is 17.9 Å². The fraction of sp³-hybridized carbons (Fsp3) is 0.444. The Kier molecular flexibility index (Phi) is 5.08. The highest BCUT2D eigenvalue weighted by atomic mass is 32.1. The number of thiazole rings is 1. The van der Waals surface area contributed by atoms with Crippen molar-refractivity contribution in [3.05, 3.63) is 40.9 Å². The van der Waals surface area contributed by atoms with Crippen LogP contribution in [0.4, 0.5) is 0 Å². The molecule has 0 spiro atoms. The quantitative estimate of drug-likeness (QED) is 0.886. The van der Waals surface area contributed by atoms with Crippen LogP contribution in [0.1, 0.15) is 30.5 Å². The molecule has 1 saturated carbocycles. The number of amides is 1. The number of carbonyl (C=O) groups is 1. The van der Waals surface area contributed by atoms with Gasteiger partial charge in [-0.05, 0) is 19.8 Å². The molecule has 0 saturated heterocycles. The first-order valence-electron chi connectivity index (χ1n) is 8.08. The van der Waals surface area contributed by atoms with Crippen LogP contribution in [-0.4, -0.2) is 28.6 Å². The highest BCUT2D eigenvalue weighted by Gasteiger charge is 2.25. The molecule has 0 radical (unpaired) electrons. The standard InChI is InChI=1S/C18H22N2O2S/c1-12-5-7-13(8-6-12)18-20-15(11-23-18)9-17(22)19-10-14-3-2-4-16(14)21/h5-8,11,14,16,21H,2-4,9-10H2,1H3,(H,19,22). The number of aryl methyl sites for hydroxylation is 1. The Labute approximate surface area is 140 Å². The van der Waals surface area contributed by atoms with Crippen molar-refractivity contribution in [2.45, 2.75) is 38.7 Å². The molecule has 2 N–H and O–H groups in total. The van der Waals surface area contributed by atoms with E-state index < -0.39 is 0 Å². The van der Waals surface area contributed by atoms with E-state index in [4.69, 9.17) is 0 Å². The molecule has 1 aliphatic rings. The average Bonchev–Trinajstić information content (AvgIpc) is 3.15. The lowest BCUT2D eigenvalue weighted by Crippen LogP contribution is -2.33. The van der Waals surface area contributed by atoms with E-state index in [1.54, 1.807) is 11.3 Å². The lowest BCUT2D eigenvalue weighted by atomic mass is 10.1. The molecule has 2 atom stereocenters. The molecule has 2 aromatic rings. The zero-order chi connectivity index (χ0) is 16.2. The summed E-state index contributed by atoms with van der Waals surface area (Å²) in [7, 11) is 0. The summed E-state index contributed by atoms with van der Waals surface area (Å²) in [5, 5.41) is 15.6. The van der Waals surface area contributed by atoms with Gasteiger partial charge in [-0.3, -0.25) is 4.79 Å². The van der Waals surface area contributed by atoms with Crippen molar-refractivity contribution in [2.24, 2.45) is 5.92 Å². The summed E-state index contributed by atoms with van der Waals surface area (Å²) in [6.07, 6.45) is 2.93. The number of benzene rings is 1. The van der Waals surface area contributed by atoms with Crippen LogP contribution in [0, 0.1) is 12.8 Å². The van der Waals surface area contributed by atoms with Gasteiger partial charge in [0.15, 0.2) is 0 Å². The molecule has 3 rings (SSSR count). The Morgan fingerprint density at radius 3 is 2.83 bits per heavy atom. The predicted molar refractivity (Wildman–Crippen MR) is 92.3 cm³/mol. The summed E-state index contributed by atoms with van der Waals surface area (Å²) in [6, 6.07) is 8.24. The molecule has 1 aromatic heterocycles. The van der Waals surface area contributed by atoms with Gasteiger partial charge < -0.3 is 10.4 Å². The predicted octanol–water partition coefficient (Wildman–Crippen LogP) is 2.94. The smallest absolute Gasteiger partial charge is 0.226 e. The van der Waals surface area contributed by atoms with Crippen LogP contribution < -0.4 is 5.32 Å². The van der Waals surface area contributed by atoms with E-state index in [1.165, 1.54) is 5.56 Å². The van der Waals surface area contributed by atoms with Crippen molar-refractivity contribution in [1.29, 1.82) is 0 Å². The van der Waals surface area contributed by atoms with Gasteiger partial charge in [0.2, 0.25) is 5.91 Å². The van der Waals surface area contributed by atoms with Gasteiger partial charge in [0.1, 0.15) is 5.01 Å². The van der Waals surface area contributed by atoms with Crippen molar-refractivity contribution < 1.29 is 9.90 Å². The first kappa shape index (κ1) is 16.1. The first-order valence-corrected chi connectivity index (χ1v) is 8.96. The molecular weight excluding hydrogens is 308 g/mol. The lowest BCUT2D eigenvalue weighted by molar-refractivity contribution is -0.120. The highest BCUT2D eigenvalue weighted by molar-refractivity contribution is 7.13. The Hall–Kier alpha value is -1.72. The van der Waals surface area contributed by atoms with Gasteiger partial charge in [0.05, 0.1) is 18.2 Å². The second-order valence-electron chi connectivity index (χ2n) is 6.25. The summed E-state index contributed by atoms with van der Waals surface area (Å²) in [5.74, 6) is 0.183. The van der Waals surface area contributed by atoms with Gasteiger partial charge in [0, 0.05) is 23.4 Å². The first-order chi connectivity index (χ1) is 11.1. The second kappa shape index (κ2) is 7.23. The molecule has 0 bridgehead atoms. The number of aliphatic hydroxyl groups is 1. The minimum absolute atomic E-state index is 0.0233. The highest BCUT2D eigenvalue weighted by Crippen LogP contribution is 2.25. The van der Waals surface area contributed by atoms with Gasteiger partial charge in [-0.2, -0.15) is 0 Å². The Balaban J connectivity index is 1.54. The monoisotopic (exact) mass is 330 g/mol. The lowest BCUT2D eigenvalue weighted by Gasteiger charge is -2.14. The van der Waals surface area contributed by atoms with Gasteiger partial charge in [-0.15, -0.1) is 11.3 Å². The fourth-order valence-electron chi connectivity index (χ4n) is 2.94. The minimum atomic E-state index is -0.261. The van der Waals surface area contributed by atoms with E-state index in [9.17, 15) is 9.90 Å². The number of aliphatic hydroxyl groups excluding tert-OH is 1. The molecule has 122 valence electrons. The average molecular weight is 330 g/mol. The second-order valence-corrected chi connectivity index (χ2v) is 7.11. The number of rotatable bonds is 5. The summed E-state index contributed by atoms with van der Waals surface area (Å²) >= 11 is 1.56. The van der Waals surface area contributed by atoms with Crippen LogP contribution in [0.2, 0.25) is 0 Å². The van der Waals surface area contributed by atoms with Gasteiger partial charge >= 0.3 is 0 Å². The topological polar surface area (TPSA) is 62.2 Å². The Bertz CT molecular complexity index is 666. The summed E-state index contributed by atoms with van der Waals surface area (Å²) in [5.41, 5.74) is 3.11. The van der Waals surface area contributed by atoms with E-state index >= 15 is 0 Å². The maximum absolute atomic E-state index is 12.0. The van der Waals surface area contributed by atoms with Crippen LogP contribution >= 0.6 is 11.3 Å². The maximum atomic E-state index is 12.0. The Morgan fingerprint density at radius 1 is 1.35 bits per heavy atom. The number of carbonyl (C=O) groups excluding carboxylic acids is 1. The van der Waals surface area contributed by atoms with Crippen molar-refractivity contribution >= 4 is 17.2 Å². The molecule has 4 nitrogen and oxygen atoms in total. The molecule has 5 heteroatoms. The summed E-state index contributed by atoms with van der Waals surface area (Å²) in [6.45, 7) is 2.62.